The Labute approximate surface area is 135 Å². The van der Waals surface area contributed by atoms with Gasteiger partial charge in [0.2, 0.25) is 0 Å². The van der Waals surface area contributed by atoms with E-state index in [9.17, 15) is 0 Å². The fourth-order valence-electron chi connectivity index (χ4n) is 3.65. The Kier molecular flexibility index (Phi) is 5.63. The SMILES string of the molecule is CCc1ccc(/C=C/CN2CCN(C3CCCC3)CC2)nc1. The van der Waals surface area contributed by atoms with E-state index in [0.717, 1.165) is 24.7 Å². The Balaban J connectivity index is 1.41. The van der Waals surface area contributed by atoms with E-state index in [4.69, 9.17) is 0 Å². The molecular weight excluding hydrogens is 270 g/mol. The van der Waals surface area contributed by atoms with Crippen LogP contribution in [0.3, 0.4) is 0 Å². The zero-order valence-corrected chi connectivity index (χ0v) is 13.9. The number of nitrogens with zero attached hydrogens (tertiary/aromatic N) is 3. The summed E-state index contributed by atoms with van der Waals surface area (Å²) in [5.41, 5.74) is 2.38. The summed E-state index contributed by atoms with van der Waals surface area (Å²) in [6.45, 7) is 8.14. The highest BCUT2D eigenvalue weighted by Gasteiger charge is 2.25. The van der Waals surface area contributed by atoms with Gasteiger partial charge in [-0.05, 0) is 37.0 Å². The highest BCUT2D eigenvalue weighted by Crippen LogP contribution is 2.24. The molecule has 1 aliphatic heterocycles. The standard InChI is InChI=1S/C19H29N3/c1-2-17-9-10-18(20-16-17)6-5-11-21-12-14-22(15-13-21)19-7-3-4-8-19/h5-6,9-10,16,19H,2-4,7-8,11-15H2,1H3/b6-5+. The predicted molar refractivity (Wildman–Crippen MR) is 92.9 cm³/mol. The second-order valence-electron chi connectivity index (χ2n) is 6.62. The van der Waals surface area contributed by atoms with Gasteiger partial charge in [-0.25, -0.2) is 0 Å². The minimum absolute atomic E-state index is 0.888. The molecule has 0 atom stereocenters. The van der Waals surface area contributed by atoms with Crippen LogP contribution >= 0.6 is 0 Å². The van der Waals surface area contributed by atoms with Crippen molar-refractivity contribution in [3.05, 3.63) is 35.7 Å². The maximum atomic E-state index is 4.48. The molecular formula is C19H29N3. The minimum Gasteiger partial charge on any atom is -0.298 e. The Bertz CT molecular complexity index is 466. The van der Waals surface area contributed by atoms with E-state index >= 15 is 0 Å². The maximum Gasteiger partial charge on any atom is 0.0627 e. The lowest BCUT2D eigenvalue weighted by Crippen LogP contribution is -2.49. The lowest BCUT2D eigenvalue weighted by molar-refractivity contribution is 0.105. The summed E-state index contributed by atoms with van der Waals surface area (Å²) >= 11 is 0. The molecule has 0 unspecified atom stereocenters. The van der Waals surface area contributed by atoms with Crippen LogP contribution in [0, 0.1) is 0 Å². The summed E-state index contributed by atoms with van der Waals surface area (Å²) in [4.78, 5) is 9.76. The van der Waals surface area contributed by atoms with Gasteiger partial charge < -0.3 is 0 Å². The van der Waals surface area contributed by atoms with Crippen molar-refractivity contribution in [1.29, 1.82) is 0 Å². The molecule has 2 aliphatic rings. The van der Waals surface area contributed by atoms with Crippen LogP contribution in [0.2, 0.25) is 0 Å². The molecule has 1 aliphatic carbocycles. The van der Waals surface area contributed by atoms with Crippen molar-refractivity contribution in [2.45, 2.75) is 45.1 Å². The van der Waals surface area contributed by atoms with Crippen LogP contribution in [0.4, 0.5) is 0 Å². The van der Waals surface area contributed by atoms with Gasteiger partial charge in [0.1, 0.15) is 0 Å². The molecule has 1 saturated heterocycles. The van der Waals surface area contributed by atoms with Crippen molar-refractivity contribution in [2.75, 3.05) is 32.7 Å². The molecule has 1 saturated carbocycles. The zero-order chi connectivity index (χ0) is 15.2. The van der Waals surface area contributed by atoms with Crippen molar-refractivity contribution in [3.63, 3.8) is 0 Å². The van der Waals surface area contributed by atoms with E-state index in [1.165, 1.54) is 57.4 Å². The topological polar surface area (TPSA) is 19.4 Å². The molecule has 0 aromatic carbocycles. The third-order valence-electron chi connectivity index (χ3n) is 5.16. The van der Waals surface area contributed by atoms with Crippen LogP contribution < -0.4 is 0 Å². The van der Waals surface area contributed by atoms with Gasteiger partial charge in [0, 0.05) is 45.0 Å². The largest absolute Gasteiger partial charge is 0.298 e. The van der Waals surface area contributed by atoms with Gasteiger partial charge in [0.15, 0.2) is 0 Å². The second-order valence-corrected chi connectivity index (χ2v) is 6.62. The van der Waals surface area contributed by atoms with Crippen LogP contribution in [-0.4, -0.2) is 53.5 Å². The number of hydrogen-bond donors (Lipinski definition) is 0. The van der Waals surface area contributed by atoms with E-state index in [-0.39, 0.29) is 0 Å². The Morgan fingerprint density at radius 3 is 2.55 bits per heavy atom. The van der Waals surface area contributed by atoms with Gasteiger partial charge in [-0.3, -0.25) is 14.8 Å². The summed E-state index contributed by atoms with van der Waals surface area (Å²) in [7, 11) is 0. The van der Waals surface area contributed by atoms with Crippen molar-refractivity contribution in [1.82, 2.24) is 14.8 Å². The first kappa shape index (κ1) is 15.7. The maximum absolute atomic E-state index is 4.48. The van der Waals surface area contributed by atoms with Crippen LogP contribution in [-0.2, 0) is 6.42 Å². The molecule has 22 heavy (non-hydrogen) atoms. The second kappa shape index (κ2) is 7.89. The number of hydrogen-bond acceptors (Lipinski definition) is 3. The van der Waals surface area contributed by atoms with Gasteiger partial charge in [-0.2, -0.15) is 0 Å². The molecule has 0 radical (unpaired) electrons. The average molecular weight is 299 g/mol. The normalized spacial score (nSPS) is 21.9. The fourth-order valence-corrected chi connectivity index (χ4v) is 3.65. The molecule has 120 valence electrons. The minimum atomic E-state index is 0.888. The van der Waals surface area contributed by atoms with Gasteiger partial charge in [-0.1, -0.05) is 31.9 Å². The lowest BCUT2D eigenvalue weighted by atomic mass is 10.2. The Hall–Kier alpha value is -1.19. The smallest absolute Gasteiger partial charge is 0.0627 e. The summed E-state index contributed by atoms with van der Waals surface area (Å²) in [5, 5.41) is 0. The molecule has 1 aromatic rings. The molecule has 0 amide bonds. The fraction of sp³-hybridized carbons (Fsp3) is 0.632. The molecule has 0 N–H and O–H groups in total. The molecule has 3 heteroatoms. The van der Waals surface area contributed by atoms with E-state index in [0.29, 0.717) is 0 Å². The van der Waals surface area contributed by atoms with Crippen molar-refractivity contribution in [3.8, 4) is 0 Å². The van der Waals surface area contributed by atoms with Gasteiger partial charge in [-0.15, -0.1) is 0 Å². The molecule has 3 nitrogen and oxygen atoms in total. The summed E-state index contributed by atoms with van der Waals surface area (Å²) in [6, 6.07) is 5.18. The van der Waals surface area contributed by atoms with E-state index < -0.39 is 0 Å². The van der Waals surface area contributed by atoms with Crippen LogP contribution in [0.15, 0.2) is 24.4 Å². The van der Waals surface area contributed by atoms with Crippen LogP contribution in [0.25, 0.3) is 6.08 Å². The first-order valence-corrected chi connectivity index (χ1v) is 8.93. The number of aryl methyl sites for hydroxylation is 1. The van der Waals surface area contributed by atoms with Crippen LogP contribution in [0.5, 0.6) is 0 Å². The predicted octanol–water partition coefficient (Wildman–Crippen LogP) is 3.22. The number of pyridine rings is 1. The quantitative estimate of drug-likeness (QED) is 0.832. The monoisotopic (exact) mass is 299 g/mol. The van der Waals surface area contributed by atoms with Gasteiger partial charge in [0.05, 0.1) is 5.69 Å². The first-order valence-electron chi connectivity index (χ1n) is 8.93. The summed E-state index contributed by atoms with van der Waals surface area (Å²) < 4.78 is 0. The molecule has 0 bridgehead atoms. The van der Waals surface area contributed by atoms with Crippen molar-refractivity contribution >= 4 is 6.08 Å². The average Bonchev–Trinajstić information content (AvgIpc) is 3.11. The highest BCUT2D eigenvalue weighted by molar-refractivity contribution is 5.44. The summed E-state index contributed by atoms with van der Waals surface area (Å²) in [6.07, 6.45) is 13.2. The third kappa shape index (κ3) is 4.17. The summed E-state index contributed by atoms with van der Waals surface area (Å²) in [5.74, 6) is 0. The first-order chi connectivity index (χ1) is 10.8. The number of aromatic nitrogens is 1. The van der Waals surface area contributed by atoms with Gasteiger partial charge >= 0.3 is 0 Å². The third-order valence-corrected chi connectivity index (χ3v) is 5.16. The Morgan fingerprint density at radius 1 is 1.14 bits per heavy atom. The van der Waals surface area contributed by atoms with Gasteiger partial charge in [0.25, 0.3) is 0 Å². The van der Waals surface area contributed by atoms with Crippen molar-refractivity contribution in [2.24, 2.45) is 0 Å². The van der Waals surface area contributed by atoms with Crippen molar-refractivity contribution < 1.29 is 0 Å². The molecule has 2 fully saturated rings. The highest BCUT2D eigenvalue weighted by atomic mass is 15.3. The Morgan fingerprint density at radius 2 is 1.91 bits per heavy atom. The number of rotatable bonds is 5. The van der Waals surface area contributed by atoms with E-state index in [1.54, 1.807) is 0 Å². The zero-order valence-electron chi connectivity index (χ0n) is 13.9. The van der Waals surface area contributed by atoms with E-state index in [2.05, 4.69) is 46.0 Å². The molecule has 1 aromatic heterocycles. The molecule has 0 spiro atoms. The molecule has 2 heterocycles. The van der Waals surface area contributed by atoms with Crippen LogP contribution in [0.1, 0.15) is 43.9 Å². The lowest BCUT2D eigenvalue weighted by Gasteiger charge is -2.37. The van der Waals surface area contributed by atoms with E-state index in [1.807, 2.05) is 6.20 Å². The number of piperazine rings is 1. The molecule has 3 rings (SSSR count).